The van der Waals surface area contributed by atoms with Crippen LogP contribution in [0, 0.1) is 0 Å². The Morgan fingerprint density at radius 1 is 0.378 bits per heavy atom. The summed E-state index contributed by atoms with van der Waals surface area (Å²) in [4.78, 5) is 2.45. The third-order valence-corrected chi connectivity index (χ3v) is 9.44. The van der Waals surface area contributed by atoms with E-state index in [0.717, 1.165) is 17.1 Å². The van der Waals surface area contributed by atoms with Crippen molar-refractivity contribution in [2.24, 2.45) is 0 Å². The zero-order chi connectivity index (χ0) is 29.8. The van der Waals surface area contributed by atoms with Gasteiger partial charge in [0.1, 0.15) is 0 Å². The van der Waals surface area contributed by atoms with Crippen LogP contribution in [0.3, 0.4) is 0 Å². The molecule has 0 radical (unpaired) electrons. The van der Waals surface area contributed by atoms with E-state index in [-0.39, 0.29) is 0 Å². The highest BCUT2D eigenvalue weighted by Gasteiger charge is 2.51. The summed E-state index contributed by atoms with van der Waals surface area (Å²) in [6.07, 6.45) is 0. The molecule has 0 saturated carbocycles. The van der Waals surface area contributed by atoms with Crippen LogP contribution in [0.15, 0.2) is 176 Å². The summed E-state index contributed by atoms with van der Waals surface area (Å²) in [5.74, 6) is 0. The van der Waals surface area contributed by atoms with Crippen LogP contribution in [-0.4, -0.2) is 0 Å². The first kappa shape index (κ1) is 25.6. The zero-order valence-electron chi connectivity index (χ0n) is 24.7. The predicted molar refractivity (Wildman–Crippen MR) is 187 cm³/mol. The van der Waals surface area contributed by atoms with Crippen molar-refractivity contribution in [2.75, 3.05) is 10.2 Å². The summed E-state index contributed by atoms with van der Waals surface area (Å²) in [5, 5.41) is 3.67. The Bertz CT molecular complexity index is 2140. The van der Waals surface area contributed by atoms with Gasteiger partial charge in [0.05, 0.1) is 16.8 Å². The van der Waals surface area contributed by atoms with Crippen LogP contribution in [0.25, 0.3) is 22.3 Å². The van der Waals surface area contributed by atoms with Gasteiger partial charge in [-0.1, -0.05) is 133 Å². The maximum Gasteiger partial charge on any atom is 0.0754 e. The molecular weight excluding hydrogens is 544 g/mol. The minimum atomic E-state index is -0.440. The quantitative estimate of drug-likeness (QED) is 0.225. The van der Waals surface area contributed by atoms with E-state index in [4.69, 9.17) is 0 Å². The van der Waals surface area contributed by atoms with Gasteiger partial charge in [0.25, 0.3) is 0 Å². The topological polar surface area (TPSA) is 15.3 Å². The molecule has 0 amide bonds. The Labute approximate surface area is 263 Å². The number of nitrogens with zero attached hydrogens (tertiary/aromatic N) is 1. The summed E-state index contributed by atoms with van der Waals surface area (Å²) in [7, 11) is 0. The molecule has 2 heteroatoms. The molecule has 1 spiro atoms. The molecule has 212 valence electrons. The van der Waals surface area contributed by atoms with Gasteiger partial charge in [-0.25, -0.2) is 0 Å². The third kappa shape index (κ3) is 3.82. The lowest BCUT2D eigenvalue weighted by molar-refractivity contribution is 0.753. The van der Waals surface area contributed by atoms with E-state index in [1.807, 2.05) is 0 Å². The molecule has 1 aliphatic heterocycles. The van der Waals surface area contributed by atoms with Crippen LogP contribution in [-0.2, 0) is 5.41 Å². The molecule has 7 aromatic rings. The van der Waals surface area contributed by atoms with Gasteiger partial charge in [0.2, 0.25) is 0 Å². The number of nitrogens with one attached hydrogen (secondary N) is 1. The third-order valence-electron chi connectivity index (χ3n) is 9.44. The Balaban J connectivity index is 1.31. The highest BCUT2D eigenvalue weighted by Crippen LogP contribution is 2.63. The van der Waals surface area contributed by atoms with E-state index in [1.165, 1.54) is 55.9 Å². The van der Waals surface area contributed by atoms with Crippen LogP contribution in [0.2, 0.25) is 0 Å². The van der Waals surface area contributed by atoms with Crippen molar-refractivity contribution in [1.82, 2.24) is 0 Å². The highest BCUT2D eigenvalue weighted by molar-refractivity contribution is 5.96. The molecule has 2 nitrogen and oxygen atoms in total. The van der Waals surface area contributed by atoms with Gasteiger partial charge in [-0.3, -0.25) is 0 Å². The molecule has 1 N–H and O–H groups in total. The van der Waals surface area contributed by atoms with Crippen molar-refractivity contribution in [3.63, 3.8) is 0 Å². The van der Waals surface area contributed by atoms with Gasteiger partial charge in [0, 0.05) is 17.1 Å². The van der Waals surface area contributed by atoms with E-state index in [0.29, 0.717) is 0 Å². The smallest absolute Gasteiger partial charge is 0.0754 e. The van der Waals surface area contributed by atoms with Crippen LogP contribution < -0.4 is 10.2 Å². The molecule has 0 fully saturated rings. The second kappa shape index (κ2) is 10.1. The molecule has 9 rings (SSSR count). The van der Waals surface area contributed by atoms with Gasteiger partial charge in [0.15, 0.2) is 0 Å². The molecule has 0 atom stereocenters. The minimum Gasteiger partial charge on any atom is -0.355 e. The van der Waals surface area contributed by atoms with E-state index >= 15 is 0 Å². The van der Waals surface area contributed by atoms with E-state index in [9.17, 15) is 0 Å². The number of para-hydroxylation sites is 2. The summed E-state index contributed by atoms with van der Waals surface area (Å²) in [6.45, 7) is 0. The Morgan fingerprint density at radius 2 is 0.911 bits per heavy atom. The van der Waals surface area contributed by atoms with Gasteiger partial charge in [-0.05, 0) is 87.0 Å². The summed E-state index contributed by atoms with van der Waals surface area (Å²) in [6, 6.07) is 63.8. The second-order valence-corrected chi connectivity index (χ2v) is 11.8. The number of benzene rings is 7. The minimum absolute atomic E-state index is 0.440. The lowest BCUT2D eigenvalue weighted by Crippen LogP contribution is -2.36. The fraction of sp³-hybridized carbons (Fsp3) is 0.0233. The molecule has 1 heterocycles. The van der Waals surface area contributed by atoms with Crippen molar-refractivity contribution in [3.8, 4) is 22.3 Å². The second-order valence-electron chi connectivity index (χ2n) is 11.8. The molecule has 7 aromatic carbocycles. The van der Waals surface area contributed by atoms with Crippen molar-refractivity contribution < 1.29 is 0 Å². The van der Waals surface area contributed by atoms with Crippen LogP contribution in [0.5, 0.6) is 0 Å². The first-order chi connectivity index (χ1) is 22.3. The lowest BCUT2D eigenvalue weighted by atomic mass is 9.64. The monoisotopic (exact) mass is 574 g/mol. The van der Waals surface area contributed by atoms with Crippen molar-refractivity contribution in [3.05, 3.63) is 198 Å². The summed E-state index contributed by atoms with van der Waals surface area (Å²) in [5.41, 5.74) is 15.5. The van der Waals surface area contributed by atoms with Gasteiger partial charge in [-0.15, -0.1) is 0 Å². The number of fused-ring (bicyclic) bond motifs is 9. The standard InChI is InChI=1S/C43H30N2/c1-3-13-30(14-4-1)31-23-26-34(27-24-31)45-41-22-12-11-21-39(41)43(37-19-9-7-17-35(37)36-18-8-10-20-38(36)43)40-28-25-33(29-42(40)45)44-32-15-5-2-6-16-32/h1-29,44H. The van der Waals surface area contributed by atoms with Gasteiger partial charge < -0.3 is 10.2 Å². The maximum atomic E-state index is 3.67. The van der Waals surface area contributed by atoms with Crippen molar-refractivity contribution in [1.29, 1.82) is 0 Å². The Kier molecular flexibility index (Phi) is 5.76. The highest BCUT2D eigenvalue weighted by atomic mass is 15.2. The normalized spacial score (nSPS) is 13.5. The first-order valence-corrected chi connectivity index (χ1v) is 15.5. The van der Waals surface area contributed by atoms with Gasteiger partial charge >= 0.3 is 0 Å². The molecule has 0 saturated heterocycles. The van der Waals surface area contributed by atoms with E-state index < -0.39 is 5.41 Å². The summed E-state index contributed by atoms with van der Waals surface area (Å²) >= 11 is 0. The maximum absolute atomic E-state index is 3.67. The number of anilines is 5. The fourth-order valence-electron chi connectivity index (χ4n) is 7.59. The number of hydrogen-bond acceptors (Lipinski definition) is 2. The molecule has 0 bridgehead atoms. The van der Waals surface area contributed by atoms with Crippen LogP contribution in [0.1, 0.15) is 22.3 Å². The van der Waals surface area contributed by atoms with Crippen molar-refractivity contribution in [2.45, 2.75) is 5.41 Å². The molecular formula is C43H30N2. The predicted octanol–water partition coefficient (Wildman–Crippen LogP) is 11.2. The number of hydrogen-bond donors (Lipinski definition) is 1. The average Bonchev–Trinajstić information content (AvgIpc) is 3.40. The van der Waals surface area contributed by atoms with E-state index in [1.54, 1.807) is 0 Å². The zero-order valence-corrected chi connectivity index (χ0v) is 24.7. The van der Waals surface area contributed by atoms with Crippen LogP contribution >= 0.6 is 0 Å². The molecule has 0 aromatic heterocycles. The lowest BCUT2D eigenvalue weighted by Gasteiger charge is -2.45. The van der Waals surface area contributed by atoms with Crippen molar-refractivity contribution >= 4 is 28.4 Å². The first-order valence-electron chi connectivity index (χ1n) is 15.5. The number of rotatable bonds is 4. The average molecular weight is 575 g/mol. The summed E-state index contributed by atoms with van der Waals surface area (Å²) < 4.78 is 0. The van der Waals surface area contributed by atoms with E-state index in [2.05, 4.69) is 186 Å². The fourth-order valence-corrected chi connectivity index (χ4v) is 7.59. The largest absolute Gasteiger partial charge is 0.355 e. The molecule has 45 heavy (non-hydrogen) atoms. The molecule has 1 aliphatic carbocycles. The Hall–Kier alpha value is -5.86. The SMILES string of the molecule is c1ccc(Nc2ccc3c(c2)N(c2ccc(-c4ccccc4)cc2)c2ccccc2C32c3ccccc3-c3ccccc32)cc1. The molecule has 2 aliphatic rings. The Morgan fingerprint density at radius 3 is 1.60 bits per heavy atom. The van der Waals surface area contributed by atoms with Crippen LogP contribution in [0.4, 0.5) is 28.4 Å². The van der Waals surface area contributed by atoms with Gasteiger partial charge in [-0.2, -0.15) is 0 Å². The molecule has 0 unspecified atom stereocenters.